The van der Waals surface area contributed by atoms with Gasteiger partial charge in [-0.15, -0.1) is 0 Å². The Labute approximate surface area is 377 Å². The zero-order valence-corrected chi connectivity index (χ0v) is 39.7. The number of ether oxygens (including phenoxy) is 8. The van der Waals surface area contributed by atoms with Gasteiger partial charge in [0.05, 0.1) is 64.8 Å². The number of hydrogen-bond donors (Lipinski definition) is 4. The molecule has 358 valence electrons. The molecule has 4 fully saturated rings. The molecule has 0 radical (unpaired) electrons. The molecular formula is C47H72N4O13. The number of hydrogen-bond acceptors (Lipinski definition) is 15. The lowest BCUT2D eigenvalue weighted by Crippen LogP contribution is -2.60. The molecule has 0 saturated carbocycles. The van der Waals surface area contributed by atoms with Crippen LogP contribution in [0.5, 0.6) is 0 Å². The van der Waals surface area contributed by atoms with E-state index in [1.807, 2.05) is 63.1 Å². The number of amides is 1. The second-order valence-electron chi connectivity index (χ2n) is 19.2. The van der Waals surface area contributed by atoms with Gasteiger partial charge in [-0.1, -0.05) is 39.0 Å². The number of rotatable bonds is 8. The maximum absolute atomic E-state index is 14.5. The third-order valence-corrected chi connectivity index (χ3v) is 14.3. The van der Waals surface area contributed by atoms with Crippen molar-refractivity contribution in [1.82, 2.24) is 15.2 Å². The van der Waals surface area contributed by atoms with Gasteiger partial charge in [0.1, 0.15) is 23.9 Å². The fourth-order valence-corrected chi connectivity index (χ4v) is 10.1. The Morgan fingerprint density at radius 3 is 2.28 bits per heavy atom. The van der Waals surface area contributed by atoms with Crippen LogP contribution in [0.3, 0.4) is 0 Å². The summed E-state index contributed by atoms with van der Waals surface area (Å²) in [6, 6.07) is 8.83. The van der Waals surface area contributed by atoms with Gasteiger partial charge in [0.2, 0.25) is 5.91 Å². The molecule has 6 rings (SSSR count). The van der Waals surface area contributed by atoms with Crippen molar-refractivity contribution in [3.63, 3.8) is 0 Å². The number of benzene rings is 1. The standard InChI is InChI=1S/C47H72N4O13/c1-14-34-47(10,56)38(52)28(6)49-41(54)24(2)22-46(9,58-13)40(26(4)36(27(5)42(55)61-34)62-35-23-45(8,57-12)39(53)29(7)60-35)64-43-37-33(21-25(3)59-43)51(11)44(63-37)50-32-19-20-48-31-18-16-15-17-30(31)32/h15-20,24-29,33-40,43,52-53,56H,14,21-23H2,1-13H3,(H,49,54)/t24-,25-,26+,27-,28-,29+,33+,34-,35+,36+,37-,38-,39+,40-,43+,45-,46-,47-/m1/s1. The van der Waals surface area contributed by atoms with Crippen LogP contribution in [-0.2, 0) is 47.5 Å². The molecule has 4 aliphatic heterocycles. The van der Waals surface area contributed by atoms with Crippen molar-refractivity contribution in [3.8, 4) is 0 Å². The van der Waals surface area contributed by atoms with E-state index < -0.39 is 108 Å². The van der Waals surface area contributed by atoms with Gasteiger partial charge in [-0.2, -0.15) is 4.99 Å². The van der Waals surface area contributed by atoms with Gasteiger partial charge in [-0.25, -0.2) is 0 Å². The SMILES string of the molecule is CC[C@H]1OC(=O)[C@H](C)[C@@H](O[C@H]2C[C@@](C)(OC)[C@@H](O)[C@H](C)O2)[C@H](C)[C@@H](O[C@@H]2O[C@H](C)C[C@H]3[C@H]2OC(=Nc2ccnc4ccccc24)N3C)[C@](C)(OC)C[C@@H](C)C(=O)N[C@H](C)[C@@H](O)[C@]1(C)O. The van der Waals surface area contributed by atoms with E-state index >= 15 is 0 Å². The molecule has 0 unspecified atom stereocenters. The van der Waals surface area contributed by atoms with Crippen LogP contribution in [0.4, 0.5) is 5.69 Å². The zero-order chi connectivity index (χ0) is 47.1. The molecule has 1 aromatic heterocycles. The molecule has 4 N–H and O–H groups in total. The number of aliphatic hydroxyl groups is 3. The number of nitrogens with one attached hydrogen (secondary N) is 1. The number of carbonyl (C=O) groups is 2. The maximum Gasteiger partial charge on any atom is 0.311 e. The van der Waals surface area contributed by atoms with Gasteiger partial charge in [0, 0.05) is 51.1 Å². The van der Waals surface area contributed by atoms with E-state index in [-0.39, 0.29) is 31.4 Å². The van der Waals surface area contributed by atoms with Crippen LogP contribution in [0.2, 0.25) is 0 Å². The van der Waals surface area contributed by atoms with Gasteiger partial charge in [0.15, 0.2) is 18.7 Å². The van der Waals surface area contributed by atoms with Crippen molar-refractivity contribution in [2.75, 3.05) is 21.3 Å². The van der Waals surface area contributed by atoms with E-state index in [9.17, 15) is 24.9 Å². The number of fused-ring (bicyclic) bond motifs is 2. The molecule has 4 aliphatic rings. The summed E-state index contributed by atoms with van der Waals surface area (Å²) in [4.78, 5) is 40.0. The number of aliphatic imine (C=N–C) groups is 1. The summed E-state index contributed by atoms with van der Waals surface area (Å²) in [5.41, 5.74) is -2.79. The normalized spacial score (nSPS) is 43.5. The van der Waals surface area contributed by atoms with Crippen molar-refractivity contribution in [2.24, 2.45) is 22.7 Å². The zero-order valence-electron chi connectivity index (χ0n) is 39.7. The van der Waals surface area contributed by atoms with Crippen LogP contribution in [0.15, 0.2) is 41.5 Å². The third kappa shape index (κ3) is 9.93. The van der Waals surface area contributed by atoms with E-state index in [4.69, 9.17) is 42.9 Å². The lowest BCUT2D eigenvalue weighted by atomic mass is 9.77. The maximum atomic E-state index is 14.5. The summed E-state index contributed by atoms with van der Waals surface area (Å²) in [7, 11) is 4.98. The average molecular weight is 901 g/mol. The number of amidine groups is 1. The van der Waals surface area contributed by atoms with E-state index in [2.05, 4.69) is 10.3 Å². The smallest absolute Gasteiger partial charge is 0.311 e. The number of carbonyl (C=O) groups excluding carboxylic acids is 2. The Morgan fingerprint density at radius 1 is 0.922 bits per heavy atom. The minimum absolute atomic E-state index is 0.108. The minimum atomic E-state index is -1.96. The number of methoxy groups -OCH3 is 2. The molecule has 0 spiro atoms. The first-order valence-electron chi connectivity index (χ1n) is 22.7. The number of nitrogens with zero attached hydrogens (tertiary/aromatic N) is 3. The fourth-order valence-electron chi connectivity index (χ4n) is 10.1. The summed E-state index contributed by atoms with van der Waals surface area (Å²) in [5, 5.41) is 38.1. The van der Waals surface area contributed by atoms with Crippen LogP contribution in [0, 0.1) is 17.8 Å². The molecular weight excluding hydrogens is 829 g/mol. The van der Waals surface area contributed by atoms with Crippen molar-refractivity contribution in [2.45, 2.75) is 185 Å². The minimum Gasteiger partial charge on any atom is -0.459 e. The lowest BCUT2D eigenvalue weighted by molar-refractivity contribution is -0.315. The highest BCUT2D eigenvalue weighted by atomic mass is 16.7. The van der Waals surface area contributed by atoms with Gasteiger partial charge >= 0.3 is 5.97 Å². The number of cyclic esters (lactones) is 1. The summed E-state index contributed by atoms with van der Waals surface area (Å²) in [5.74, 6) is -3.59. The van der Waals surface area contributed by atoms with E-state index in [0.29, 0.717) is 18.1 Å². The van der Waals surface area contributed by atoms with Crippen molar-refractivity contribution in [1.29, 1.82) is 0 Å². The Kier molecular flexibility index (Phi) is 15.4. The van der Waals surface area contributed by atoms with Crippen molar-refractivity contribution in [3.05, 3.63) is 36.5 Å². The second-order valence-corrected chi connectivity index (χ2v) is 19.2. The number of esters is 1. The number of aliphatic hydroxyl groups excluding tert-OH is 2. The molecule has 2 aromatic rings. The first kappa shape index (κ1) is 49.9. The number of aromatic nitrogens is 1. The molecule has 1 aromatic carbocycles. The van der Waals surface area contributed by atoms with Crippen LogP contribution in [-0.4, -0.2) is 155 Å². The third-order valence-electron chi connectivity index (χ3n) is 14.3. The Hall–Kier alpha value is -3.52. The summed E-state index contributed by atoms with van der Waals surface area (Å²) >= 11 is 0. The van der Waals surface area contributed by atoms with Crippen LogP contribution >= 0.6 is 0 Å². The first-order valence-corrected chi connectivity index (χ1v) is 22.7. The Bertz CT molecular complexity index is 1970. The summed E-state index contributed by atoms with van der Waals surface area (Å²) in [6.07, 6.45) is -6.58. The Balaban J connectivity index is 1.44. The van der Waals surface area contributed by atoms with Gasteiger partial charge < -0.3 is 63.4 Å². The molecule has 64 heavy (non-hydrogen) atoms. The second kappa shape index (κ2) is 19.8. The fraction of sp³-hybridized carbons (Fsp3) is 0.745. The molecule has 18 atom stereocenters. The molecule has 4 saturated heterocycles. The van der Waals surface area contributed by atoms with E-state index in [1.54, 1.807) is 54.8 Å². The molecule has 5 heterocycles. The first-order chi connectivity index (χ1) is 30.1. The highest BCUT2D eigenvalue weighted by molar-refractivity contribution is 5.92. The number of likely N-dealkylation sites (N-methyl/N-ethyl adjacent to an activating group) is 1. The predicted octanol–water partition coefficient (Wildman–Crippen LogP) is 4.38. The molecule has 0 bridgehead atoms. The molecule has 1 amide bonds. The largest absolute Gasteiger partial charge is 0.459 e. The van der Waals surface area contributed by atoms with Crippen LogP contribution in [0.1, 0.15) is 94.9 Å². The topological polar surface area (TPSA) is 209 Å². The predicted molar refractivity (Wildman–Crippen MR) is 236 cm³/mol. The molecule has 17 heteroatoms. The van der Waals surface area contributed by atoms with Gasteiger partial charge in [0.25, 0.3) is 6.02 Å². The van der Waals surface area contributed by atoms with Gasteiger partial charge in [-0.3, -0.25) is 14.6 Å². The summed E-state index contributed by atoms with van der Waals surface area (Å²) < 4.78 is 52.0. The summed E-state index contributed by atoms with van der Waals surface area (Å²) in [6.45, 7) is 17.3. The van der Waals surface area contributed by atoms with Crippen LogP contribution < -0.4 is 5.32 Å². The molecule has 17 nitrogen and oxygen atoms in total. The highest BCUT2D eigenvalue weighted by Gasteiger charge is 2.55. The Morgan fingerprint density at radius 2 is 1.61 bits per heavy atom. The number of pyridine rings is 1. The quantitative estimate of drug-likeness (QED) is 0.271. The van der Waals surface area contributed by atoms with E-state index in [0.717, 1.165) is 10.9 Å². The highest BCUT2D eigenvalue weighted by Crippen LogP contribution is 2.42. The lowest BCUT2D eigenvalue weighted by Gasteiger charge is -2.49. The van der Waals surface area contributed by atoms with Crippen molar-refractivity contribution < 1.29 is 62.8 Å². The van der Waals surface area contributed by atoms with Crippen LogP contribution in [0.25, 0.3) is 10.9 Å². The molecule has 0 aliphatic carbocycles. The van der Waals surface area contributed by atoms with Crippen molar-refractivity contribution >= 4 is 34.5 Å². The number of para-hydroxylation sites is 1. The van der Waals surface area contributed by atoms with Gasteiger partial charge in [-0.05, 0) is 79.9 Å². The van der Waals surface area contributed by atoms with E-state index in [1.165, 1.54) is 14.0 Å². The monoisotopic (exact) mass is 901 g/mol. The average Bonchev–Trinajstić information content (AvgIpc) is 3.57.